The molecule has 0 bridgehead atoms. The number of hydrogen-bond donors (Lipinski definition) is 0. The summed E-state index contributed by atoms with van der Waals surface area (Å²) in [7, 11) is 0. The summed E-state index contributed by atoms with van der Waals surface area (Å²) in [5.74, 6) is 0.129. The van der Waals surface area contributed by atoms with Crippen LogP contribution in [0.25, 0.3) is 0 Å². The van der Waals surface area contributed by atoms with Crippen molar-refractivity contribution in [2.75, 3.05) is 44.3 Å². The Morgan fingerprint density at radius 2 is 1.77 bits per heavy atom. The van der Waals surface area contributed by atoms with Crippen LogP contribution in [0.3, 0.4) is 0 Å². The number of carbonyl (C=O) groups is 1. The third kappa shape index (κ3) is 3.44. The number of aryl methyl sites for hydroxylation is 1. The van der Waals surface area contributed by atoms with Crippen LogP contribution in [0.15, 0.2) is 30.9 Å². The molecule has 2 saturated heterocycles. The van der Waals surface area contributed by atoms with Crippen molar-refractivity contribution in [2.45, 2.75) is 25.8 Å². The Hall–Kier alpha value is -2.41. The Bertz CT molecular complexity index is 747. The van der Waals surface area contributed by atoms with Gasteiger partial charge < -0.3 is 19.1 Å². The molecule has 26 heavy (non-hydrogen) atoms. The molecule has 0 saturated carbocycles. The summed E-state index contributed by atoms with van der Waals surface area (Å²) >= 11 is 0. The minimum atomic E-state index is 0.129. The average molecular weight is 355 g/mol. The second-order valence-electron chi connectivity index (χ2n) is 7.03. The van der Waals surface area contributed by atoms with Gasteiger partial charge in [0.25, 0.3) is 5.91 Å². The fourth-order valence-electron chi connectivity index (χ4n) is 3.89. The number of hydrogen-bond acceptors (Lipinski definition) is 5. The number of anilines is 1. The number of piperidine rings is 1. The summed E-state index contributed by atoms with van der Waals surface area (Å²) in [6.45, 7) is 6.97. The summed E-state index contributed by atoms with van der Waals surface area (Å²) in [5.41, 5.74) is 3.13. The molecule has 0 spiro atoms. The Balaban J connectivity index is 1.41. The normalized spacial score (nSPS) is 19.0. The van der Waals surface area contributed by atoms with Crippen molar-refractivity contribution in [1.29, 1.82) is 0 Å². The second-order valence-corrected chi connectivity index (χ2v) is 7.03. The van der Waals surface area contributed by atoms with Crippen LogP contribution in [0.2, 0.25) is 0 Å². The van der Waals surface area contributed by atoms with Gasteiger partial charge in [0.15, 0.2) is 0 Å². The maximum Gasteiger partial charge on any atom is 0.253 e. The molecule has 0 radical (unpaired) electrons. The van der Waals surface area contributed by atoms with E-state index in [0.29, 0.717) is 6.04 Å². The Kier molecular flexibility index (Phi) is 4.88. The van der Waals surface area contributed by atoms with Gasteiger partial charge in [0.05, 0.1) is 13.2 Å². The van der Waals surface area contributed by atoms with Gasteiger partial charge in [0, 0.05) is 43.5 Å². The van der Waals surface area contributed by atoms with Crippen molar-refractivity contribution in [3.8, 4) is 0 Å². The summed E-state index contributed by atoms with van der Waals surface area (Å²) in [4.78, 5) is 17.2. The van der Waals surface area contributed by atoms with Crippen LogP contribution in [0.5, 0.6) is 0 Å². The zero-order valence-electron chi connectivity index (χ0n) is 15.2. The van der Waals surface area contributed by atoms with Crippen molar-refractivity contribution in [3.05, 3.63) is 42.0 Å². The highest BCUT2D eigenvalue weighted by atomic mass is 16.5. The molecule has 2 aliphatic rings. The van der Waals surface area contributed by atoms with E-state index in [2.05, 4.69) is 28.1 Å². The van der Waals surface area contributed by atoms with Gasteiger partial charge in [0.2, 0.25) is 0 Å². The van der Waals surface area contributed by atoms with Crippen LogP contribution < -0.4 is 4.90 Å². The fourth-order valence-corrected chi connectivity index (χ4v) is 3.89. The van der Waals surface area contributed by atoms with Crippen LogP contribution in [0.4, 0.5) is 5.69 Å². The first-order chi connectivity index (χ1) is 12.7. The number of rotatable bonds is 3. The fraction of sp³-hybridized carbons (Fsp3) is 0.526. The van der Waals surface area contributed by atoms with E-state index in [0.717, 1.165) is 63.4 Å². The third-order valence-electron chi connectivity index (χ3n) is 5.41. The highest BCUT2D eigenvalue weighted by molar-refractivity contribution is 5.95. The smallest absolute Gasteiger partial charge is 0.253 e. The molecule has 4 rings (SSSR count). The minimum absolute atomic E-state index is 0.129. The van der Waals surface area contributed by atoms with E-state index in [-0.39, 0.29) is 5.91 Å². The Labute approximate surface area is 153 Å². The van der Waals surface area contributed by atoms with Crippen LogP contribution in [0, 0.1) is 6.92 Å². The van der Waals surface area contributed by atoms with E-state index in [4.69, 9.17) is 4.74 Å². The molecule has 1 amide bonds. The lowest BCUT2D eigenvalue weighted by molar-refractivity contribution is 0.0694. The standard InChI is InChI=1S/C19H25N5O2/c1-15-12-16(2-3-18(15)22-8-10-26-11-9-22)19(25)23-6-4-17(5-7-23)24-13-20-21-14-24/h2-3,12-14,17H,4-11H2,1H3. The van der Waals surface area contributed by atoms with Gasteiger partial charge in [-0.3, -0.25) is 4.79 Å². The van der Waals surface area contributed by atoms with Gasteiger partial charge in [-0.25, -0.2) is 0 Å². The molecule has 0 atom stereocenters. The number of nitrogens with zero attached hydrogens (tertiary/aromatic N) is 5. The number of ether oxygens (including phenoxy) is 1. The summed E-state index contributed by atoms with van der Waals surface area (Å²) in [6.07, 6.45) is 5.40. The number of carbonyl (C=O) groups excluding carboxylic acids is 1. The average Bonchev–Trinajstić information content (AvgIpc) is 3.23. The third-order valence-corrected chi connectivity index (χ3v) is 5.41. The number of benzene rings is 1. The molecular formula is C19H25N5O2. The monoisotopic (exact) mass is 355 g/mol. The van der Waals surface area contributed by atoms with E-state index in [9.17, 15) is 4.79 Å². The van der Waals surface area contributed by atoms with Gasteiger partial charge in [-0.05, 0) is 43.5 Å². The maximum absolute atomic E-state index is 12.9. The quantitative estimate of drug-likeness (QED) is 0.841. The van der Waals surface area contributed by atoms with E-state index in [1.54, 1.807) is 12.7 Å². The van der Waals surface area contributed by atoms with E-state index >= 15 is 0 Å². The molecule has 138 valence electrons. The van der Waals surface area contributed by atoms with Gasteiger partial charge >= 0.3 is 0 Å². The van der Waals surface area contributed by atoms with Gasteiger partial charge in [0.1, 0.15) is 12.7 Å². The summed E-state index contributed by atoms with van der Waals surface area (Å²) < 4.78 is 7.47. The topological polar surface area (TPSA) is 63.5 Å². The lowest BCUT2D eigenvalue weighted by Gasteiger charge is -2.33. The van der Waals surface area contributed by atoms with E-state index in [1.165, 1.54) is 5.69 Å². The first-order valence-electron chi connectivity index (χ1n) is 9.29. The zero-order valence-corrected chi connectivity index (χ0v) is 15.2. The van der Waals surface area contributed by atoms with Gasteiger partial charge in [-0.1, -0.05) is 0 Å². The lowest BCUT2D eigenvalue weighted by Crippen LogP contribution is -2.39. The van der Waals surface area contributed by atoms with E-state index < -0.39 is 0 Å². The molecule has 2 aliphatic heterocycles. The van der Waals surface area contributed by atoms with Crippen molar-refractivity contribution >= 4 is 11.6 Å². The van der Waals surface area contributed by atoms with Gasteiger partial charge in [-0.15, -0.1) is 10.2 Å². The summed E-state index contributed by atoms with van der Waals surface area (Å²) in [6, 6.07) is 6.46. The minimum Gasteiger partial charge on any atom is -0.378 e. The maximum atomic E-state index is 12.9. The van der Waals surface area contributed by atoms with Gasteiger partial charge in [-0.2, -0.15) is 0 Å². The van der Waals surface area contributed by atoms with Crippen molar-refractivity contribution in [2.24, 2.45) is 0 Å². The molecule has 1 aromatic carbocycles. The largest absolute Gasteiger partial charge is 0.378 e. The van der Waals surface area contributed by atoms with Crippen LogP contribution in [-0.2, 0) is 4.74 Å². The number of morpholine rings is 1. The first-order valence-corrected chi connectivity index (χ1v) is 9.29. The second kappa shape index (κ2) is 7.45. The number of aromatic nitrogens is 3. The molecule has 7 nitrogen and oxygen atoms in total. The molecule has 0 N–H and O–H groups in total. The lowest BCUT2D eigenvalue weighted by atomic mass is 10.0. The molecule has 3 heterocycles. The molecule has 2 fully saturated rings. The SMILES string of the molecule is Cc1cc(C(=O)N2CCC(n3cnnc3)CC2)ccc1N1CCOCC1. The highest BCUT2D eigenvalue weighted by Crippen LogP contribution is 2.26. The van der Waals surface area contributed by atoms with Crippen LogP contribution in [0.1, 0.15) is 34.8 Å². The predicted octanol–water partition coefficient (Wildman–Crippen LogP) is 1.90. The first kappa shape index (κ1) is 17.0. The van der Waals surface area contributed by atoms with Crippen LogP contribution >= 0.6 is 0 Å². The van der Waals surface area contributed by atoms with Crippen molar-refractivity contribution < 1.29 is 9.53 Å². The van der Waals surface area contributed by atoms with E-state index in [1.807, 2.05) is 21.6 Å². The molecule has 2 aromatic rings. The Morgan fingerprint density at radius 3 is 2.42 bits per heavy atom. The van der Waals surface area contributed by atoms with Crippen molar-refractivity contribution in [3.63, 3.8) is 0 Å². The number of amides is 1. The molecule has 1 aromatic heterocycles. The highest BCUT2D eigenvalue weighted by Gasteiger charge is 2.25. The van der Waals surface area contributed by atoms with Crippen molar-refractivity contribution in [1.82, 2.24) is 19.7 Å². The predicted molar refractivity (Wildman–Crippen MR) is 98.4 cm³/mol. The molecule has 0 aliphatic carbocycles. The Morgan fingerprint density at radius 1 is 1.08 bits per heavy atom. The molecular weight excluding hydrogens is 330 g/mol. The zero-order chi connectivity index (χ0) is 17.9. The summed E-state index contributed by atoms with van der Waals surface area (Å²) in [5, 5.41) is 7.75. The molecule has 0 unspecified atom stereocenters. The van der Waals surface area contributed by atoms with Crippen LogP contribution in [-0.4, -0.2) is 65.0 Å². The molecule has 7 heteroatoms. The number of likely N-dealkylation sites (tertiary alicyclic amines) is 1.